The molecule has 0 bridgehead atoms. The molecule has 1 heterocycles. The summed E-state index contributed by atoms with van der Waals surface area (Å²) in [6, 6.07) is 14.9. The number of fused-ring (bicyclic) bond motifs is 1. The van der Waals surface area contributed by atoms with Crippen LogP contribution >= 0.6 is 11.3 Å². The SMILES string of the molecule is COC(=O)Cn1c(=NC(=O)Cc2cccc(OC)c2)sc2ccccc21. The number of hydrogen-bond donors (Lipinski definition) is 0. The second-order valence-corrected chi connectivity index (χ2v) is 6.56. The van der Waals surface area contributed by atoms with Gasteiger partial charge in [-0.25, -0.2) is 0 Å². The van der Waals surface area contributed by atoms with Gasteiger partial charge in [0.1, 0.15) is 12.3 Å². The molecule has 0 aliphatic rings. The lowest BCUT2D eigenvalue weighted by Gasteiger charge is -2.04. The number of nitrogens with zero attached hydrogens (tertiary/aromatic N) is 2. The lowest BCUT2D eigenvalue weighted by molar-refractivity contribution is -0.141. The van der Waals surface area contributed by atoms with Gasteiger partial charge >= 0.3 is 5.97 Å². The first-order valence-electron chi connectivity index (χ1n) is 7.96. The molecule has 134 valence electrons. The Kier molecular flexibility index (Phi) is 5.48. The minimum atomic E-state index is -0.393. The van der Waals surface area contributed by atoms with Crippen LogP contribution < -0.4 is 9.54 Å². The van der Waals surface area contributed by atoms with Gasteiger partial charge in [0, 0.05) is 0 Å². The second kappa shape index (κ2) is 7.97. The van der Waals surface area contributed by atoms with Crippen LogP contribution in [0.15, 0.2) is 53.5 Å². The summed E-state index contributed by atoms with van der Waals surface area (Å²) in [6.07, 6.45) is 0.156. The number of aromatic nitrogens is 1. The highest BCUT2D eigenvalue weighted by Crippen LogP contribution is 2.17. The van der Waals surface area contributed by atoms with Crippen molar-refractivity contribution in [2.24, 2.45) is 4.99 Å². The van der Waals surface area contributed by atoms with Crippen molar-refractivity contribution in [1.82, 2.24) is 4.57 Å². The molecule has 0 saturated carbocycles. The van der Waals surface area contributed by atoms with Crippen LogP contribution in [0.2, 0.25) is 0 Å². The molecule has 3 rings (SSSR count). The fourth-order valence-electron chi connectivity index (χ4n) is 2.56. The molecule has 26 heavy (non-hydrogen) atoms. The van der Waals surface area contributed by atoms with Crippen LogP contribution in [0.4, 0.5) is 0 Å². The number of ether oxygens (including phenoxy) is 2. The summed E-state index contributed by atoms with van der Waals surface area (Å²) in [6.45, 7) is 0.00574. The zero-order valence-corrected chi connectivity index (χ0v) is 15.3. The van der Waals surface area contributed by atoms with Crippen molar-refractivity contribution in [3.8, 4) is 5.75 Å². The highest BCUT2D eigenvalue weighted by Gasteiger charge is 2.11. The van der Waals surface area contributed by atoms with Gasteiger partial charge in [-0.1, -0.05) is 35.6 Å². The summed E-state index contributed by atoms with van der Waals surface area (Å²) in [5.41, 5.74) is 1.66. The molecule has 0 radical (unpaired) electrons. The number of esters is 1. The van der Waals surface area contributed by atoms with Crippen molar-refractivity contribution in [3.63, 3.8) is 0 Å². The Morgan fingerprint density at radius 1 is 1.12 bits per heavy atom. The highest BCUT2D eigenvalue weighted by molar-refractivity contribution is 7.16. The minimum absolute atomic E-state index is 0.00574. The number of hydrogen-bond acceptors (Lipinski definition) is 5. The molecule has 0 saturated heterocycles. The first kappa shape index (κ1) is 17.9. The Balaban J connectivity index is 1.96. The second-order valence-electron chi connectivity index (χ2n) is 5.55. The smallest absolute Gasteiger partial charge is 0.325 e. The number of carbonyl (C=O) groups excluding carboxylic acids is 2. The molecule has 1 aromatic heterocycles. The predicted octanol–water partition coefficient (Wildman–Crippen LogP) is 2.55. The summed E-state index contributed by atoms with van der Waals surface area (Å²) in [5.74, 6) is 0.0107. The molecule has 0 atom stereocenters. The first-order valence-corrected chi connectivity index (χ1v) is 8.78. The Labute approximate surface area is 154 Å². The van der Waals surface area contributed by atoms with E-state index in [0.717, 1.165) is 15.8 Å². The maximum Gasteiger partial charge on any atom is 0.325 e. The fourth-order valence-corrected chi connectivity index (χ4v) is 3.60. The van der Waals surface area contributed by atoms with E-state index in [1.54, 1.807) is 17.7 Å². The van der Waals surface area contributed by atoms with E-state index >= 15 is 0 Å². The summed E-state index contributed by atoms with van der Waals surface area (Å²) in [7, 11) is 2.92. The molecule has 0 spiro atoms. The third kappa shape index (κ3) is 4.00. The highest BCUT2D eigenvalue weighted by atomic mass is 32.1. The van der Waals surface area contributed by atoms with Crippen LogP contribution in [0.5, 0.6) is 5.75 Å². The van der Waals surface area contributed by atoms with E-state index in [2.05, 4.69) is 4.99 Å². The Morgan fingerprint density at radius 3 is 2.69 bits per heavy atom. The predicted molar refractivity (Wildman–Crippen MR) is 99.1 cm³/mol. The van der Waals surface area contributed by atoms with E-state index in [1.165, 1.54) is 18.4 Å². The van der Waals surface area contributed by atoms with Crippen molar-refractivity contribution in [3.05, 3.63) is 58.9 Å². The molecular formula is C19H18N2O4S. The maximum atomic E-state index is 12.4. The fraction of sp³-hybridized carbons (Fsp3) is 0.211. The summed E-state index contributed by atoms with van der Waals surface area (Å²) >= 11 is 1.37. The number of amides is 1. The van der Waals surface area contributed by atoms with Gasteiger partial charge < -0.3 is 14.0 Å². The van der Waals surface area contributed by atoms with Gasteiger partial charge in [-0.15, -0.1) is 0 Å². The standard InChI is InChI=1S/C19H18N2O4S/c1-24-14-7-5-6-13(10-14)11-17(22)20-19-21(12-18(23)25-2)15-8-3-4-9-16(15)26-19/h3-10H,11-12H2,1-2H3. The van der Waals surface area contributed by atoms with Gasteiger partial charge in [0.15, 0.2) is 4.80 Å². The molecule has 6 nitrogen and oxygen atoms in total. The molecule has 2 aromatic carbocycles. The monoisotopic (exact) mass is 370 g/mol. The van der Waals surface area contributed by atoms with Gasteiger partial charge in [0.25, 0.3) is 5.91 Å². The maximum absolute atomic E-state index is 12.4. The largest absolute Gasteiger partial charge is 0.497 e. The van der Waals surface area contributed by atoms with E-state index in [4.69, 9.17) is 9.47 Å². The Hall–Kier alpha value is -2.93. The quantitative estimate of drug-likeness (QED) is 0.647. The number of rotatable bonds is 5. The summed E-state index contributed by atoms with van der Waals surface area (Å²) < 4.78 is 12.6. The Bertz CT molecular complexity index is 1020. The van der Waals surface area contributed by atoms with E-state index in [9.17, 15) is 9.59 Å². The molecule has 7 heteroatoms. The lowest BCUT2D eigenvalue weighted by Crippen LogP contribution is -2.22. The third-order valence-corrected chi connectivity index (χ3v) is 4.87. The average molecular weight is 370 g/mol. The topological polar surface area (TPSA) is 69.9 Å². The van der Waals surface area contributed by atoms with E-state index in [1.807, 2.05) is 42.5 Å². The van der Waals surface area contributed by atoms with Crippen LogP contribution in [-0.4, -0.2) is 30.7 Å². The minimum Gasteiger partial charge on any atom is -0.497 e. The van der Waals surface area contributed by atoms with Crippen LogP contribution in [0.3, 0.4) is 0 Å². The molecule has 0 aliphatic carbocycles. The normalized spacial score (nSPS) is 11.5. The number of thiazole rings is 1. The third-order valence-electron chi connectivity index (χ3n) is 3.81. The van der Waals surface area contributed by atoms with E-state index in [-0.39, 0.29) is 18.9 Å². The lowest BCUT2D eigenvalue weighted by atomic mass is 10.1. The average Bonchev–Trinajstić information content (AvgIpc) is 2.98. The van der Waals surface area contributed by atoms with Crippen LogP contribution in [-0.2, 0) is 27.3 Å². The van der Waals surface area contributed by atoms with Gasteiger partial charge in [-0.2, -0.15) is 4.99 Å². The Morgan fingerprint density at radius 2 is 1.92 bits per heavy atom. The van der Waals surface area contributed by atoms with Crippen molar-refractivity contribution < 1.29 is 19.1 Å². The number of methoxy groups -OCH3 is 2. The van der Waals surface area contributed by atoms with Crippen molar-refractivity contribution >= 4 is 33.4 Å². The van der Waals surface area contributed by atoms with Crippen LogP contribution in [0.25, 0.3) is 10.2 Å². The zero-order chi connectivity index (χ0) is 18.5. The van der Waals surface area contributed by atoms with Crippen LogP contribution in [0.1, 0.15) is 5.56 Å². The van der Waals surface area contributed by atoms with Crippen LogP contribution in [0, 0.1) is 0 Å². The zero-order valence-electron chi connectivity index (χ0n) is 14.5. The van der Waals surface area contributed by atoms with E-state index < -0.39 is 5.97 Å². The number of benzene rings is 2. The van der Waals surface area contributed by atoms with Crippen molar-refractivity contribution in [1.29, 1.82) is 0 Å². The number of carbonyl (C=O) groups is 2. The molecule has 0 fully saturated rings. The molecular weight excluding hydrogens is 352 g/mol. The van der Waals surface area contributed by atoms with Gasteiger partial charge in [-0.05, 0) is 29.8 Å². The molecule has 0 aliphatic heterocycles. The van der Waals surface area contributed by atoms with Gasteiger partial charge in [0.2, 0.25) is 0 Å². The molecule has 0 unspecified atom stereocenters. The van der Waals surface area contributed by atoms with Gasteiger partial charge in [0.05, 0.1) is 30.9 Å². The summed E-state index contributed by atoms with van der Waals surface area (Å²) in [5, 5.41) is 0. The van der Waals surface area contributed by atoms with E-state index in [0.29, 0.717) is 10.6 Å². The summed E-state index contributed by atoms with van der Waals surface area (Å²) in [4.78, 5) is 28.9. The van der Waals surface area contributed by atoms with Crippen molar-refractivity contribution in [2.45, 2.75) is 13.0 Å². The van der Waals surface area contributed by atoms with Crippen molar-refractivity contribution in [2.75, 3.05) is 14.2 Å². The van der Waals surface area contributed by atoms with Gasteiger partial charge in [-0.3, -0.25) is 9.59 Å². The first-order chi connectivity index (χ1) is 12.6. The molecule has 0 N–H and O–H groups in total. The number of para-hydroxylation sites is 1. The molecule has 1 amide bonds. The molecule has 3 aromatic rings.